The van der Waals surface area contributed by atoms with Gasteiger partial charge in [-0.3, -0.25) is 9.59 Å². The molecule has 5 nitrogen and oxygen atoms in total. The summed E-state index contributed by atoms with van der Waals surface area (Å²) in [5.41, 5.74) is 3.10. The van der Waals surface area contributed by atoms with E-state index in [1.807, 2.05) is 19.2 Å². The van der Waals surface area contributed by atoms with E-state index in [0.717, 1.165) is 12.8 Å². The quantitative estimate of drug-likeness (QED) is 0.760. The van der Waals surface area contributed by atoms with E-state index in [1.165, 1.54) is 11.1 Å². The van der Waals surface area contributed by atoms with Gasteiger partial charge in [0.05, 0.1) is 6.04 Å². The monoisotopic (exact) mass is 365 g/mol. The number of nitrogens with zero attached hydrogens (tertiary/aromatic N) is 1. The number of fused-ring (bicyclic) bond motifs is 2. The highest BCUT2D eigenvalue weighted by Gasteiger charge is 2.28. The van der Waals surface area contributed by atoms with Crippen molar-refractivity contribution in [3.63, 3.8) is 0 Å². The number of benzene rings is 2. The second-order valence-electron chi connectivity index (χ2n) is 7.04. The highest BCUT2D eigenvalue weighted by atomic mass is 16.6. The summed E-state index contributed by atoms with van der Waals surface area (Å²) in [7, 11) is 1.84. The summed E-state index contributed by atoms with van der Waals surface area (Å²) in [5.74, 6) is 1.20. The topological polar surface area (TPSA) is 55.8 Å². The first-order valence-corrected chi connectivity index (χ1v) is 9.40. The zero-order chi connectivity index (χ0) is 18.8. The summed E-state index contributed by atoms with van der Waals surface area (Å²) in [6.45, 7) is 1.00. The molecule has 0 radical (unpaired) electrons. The van der Waals surface area contributed by atoms with Gasteiger partial charge in [0.2, 0.25) is 5.91 Å². The van der Waals surface area contributed by atoms with Gasteiger partial charge >= 0.3 is 0 Å². The number of rotatable bonds is 5. The van der Waals surface area contributed by atoms with Crippen LogP contribution in [-0.4, -0.2) is 36.9 Å². The van der Waals surface area contributed by atoms with Crippen molar-refractivity contribution in [3.05, 3.63) is 59.2 Å². The molecule has 0 N–H and O–H groups in total. The minimum atomic E-state index is -0.0551. The third kappa shape index (κ3) is 3.54. The molecular formula is C22H23NO4. The fourth-order valence-corrected chi connectivity index (χ4v) is 3.87. The van der Waals surface area contributed by atoms with Crippen molar-refractivity contribution in [2.45, 2.75) is 31.7 Å². The molecule has 1 aliphatic carbocycles. The smallest absolute Gasteiger partial charge is 0.223 e. The van der Waals surface area contributed by atoms with Gasteiger partial charge in [-0.15, -0.1) is 0 Å². The lowest BCUT2D eigenvalue weighted by Gasteiger charge is -2.25. The van der Waals surface area contributed by atoms with E-state index in [4.69, 9.17) is 9.47 Å². The molecule has 2 aliphatic rings. The molecule has 0 saturated heterocycles. The van der Waals surface area contributed by atoms with E-state index < -0.39 is 0 Å². The zero-order valence-corrected chi connectivity index (χ0v) is 15.4. The molecule has 27 heavy (non-hydrogen) atoms. The number of ether oxygens (including phenoxy) is 2. The van der Waals surface area contributed by atoms with E-state index in [2.05, 4.69) is 12.1 Å². The van der Waals surface area contributed by atoms with E-state index in [1.54, 1.807) is 23.1 Å². The first kappa shape index (κ1) is 17.6. The summed E-state index contributed by atoms with van der Waals surface area (Å²) in [6, 6.07) is 13.6. The molecule has 0 bridgehead atoms. The average molecular weight is 365 g/mol. The van der Waals surface area contributed by atoms with Crippen molar-refractivity contribution in [2.24, 2.45) is 0 Å². The molecule has 4 rings (SSSR count). The lowest BCUT2D eigenvalue weighted by molar-refractivity contribution is -0.132. The molecule has 1 heterocycles. The van der Waals surface area contributed by atoms with E-state index >= 15 is 0 Å². The Labute approximate surface area is 158 Å². The van der Waals surface area contributed by atoms with Crippen LogP contribution in [-0.2, 0) is 11.2 Å². The Morgan fingerprint density at radius 3 is 2.67 bits per heavy atom. The van der Waals surface area contributed by atoms with E-state index in [0.29, 0.717) is 30.3 Å². The van der Waals surface area contributed by atoms with Gasteiger partial charge in [0.1, 0.15) is 13.2 Å². The number of aryl methyl sites for hydroxylation is 1. The number of Topliss-reactive ketones (excluding diaryl/α,β-unsaturated/α-hetero) is 1. The maximum atomic E-state index is 12.6. The molecule has 1 aliphatic heterocycles. The number of carbonyl (C=O) groups is 2. The number of ketones is 1. The fourth-order valence-electron chi connectivity index (χ4n) is 3.87. The van der Waals surface area contributed by atoms with Crippen molar-refractivity contribution < 1.29 is 19.1 Å². The van der Waals surface area contributed by atoms with Crippen LogP contribution in [0.15, 0.2) is 42.5 Å². The Morgan fingerprint density at radius 1 is 1.04 bits per heavy atom. The maximum Gasteiger partial charge on any atom is 0.223 e. The highest BCUT2D eigenvalue weighted by molar-refractivity contribution is 5.98. The average Bonchev–Trinajstić information content (AvgIpc) is 3.15. The van der Waals surface area contributed by atoms with Crippen molar-refractivity contribution in [1.29, 1.82) is 0 Å². The van der Waals surface area contributed by atoms with E-state index in [9.17, 15) is 9.59 Å². The predicted octanol–water partition coefficient (Wildman–Crippen LogP) is 3.57. The van der Waals surface area contributed by atoms with Crippen LogP contribution < -0.4 is 9.47 Å². The van der Waals surface area contributed by atoms with Crippen LogP contribution in [0.4, 0.5) is 0 Å². The third-order valence-corrected chi connectivity index (χ3v) is 5.39. The molecule has 1 atom stereocenters. The standard InChI is InChI=1S/C22H23NO4/c1-23(18-8-6-15-4-2-3-5-17(15)18)22(25)11-9-19(24)16-7-10-20-21(14-16)27-13-12-26-20/h2-5,7,10,14,18H,6,8-9,11-13H2,1H3. The fraction of sp³-hybridized carbons (Fsp3) is 0.364. The number of amides is 1. The Kier molecular flexibility index (Phi) is 4.84. The van der Waals surface area contributed by atoms with E-state index in [-0.39, 0.29) is 30.6 Å². The number of hydrogen-bond acceptors (Lipinski definition) is 4. The van der Waals surface area contributed by atoms with Crippen molar-refractivity contribution >= 4 is 11.7 Å². The van der Waals surface area contributed by atoms with Crippen molar-refractivity contribution in [3.8, 4) is 11.5 Å². The summed E-state index contributed by atoms with van der Waals surface area (Å²) in [6.07, 6.45) is 2.34. The zero-order valence-electron chi connectivity index (χ0n) is 15.4. The van der Waals surface area contributed by atoms with Crippen molar-refractivity contribution in [2.75, 3.05) is 20.3 Å². The van der Waals surface area contributed by atoms with Gasteiger partial charge < -0.3 is 14.4 Å². The minimum absolute atomic E-state index is 0.00240. The van der Waals surface area contributed by atoms with Gasteiger partial charge in [-0.1, -0.05) is 24.3 Å². The largest absolute Gasteiger partial charge is 0.486 e. The maximum absolute atomic E-state index is 12.6. The molecule has 2 aromatic carbocycles. The summed E-state index contributed by atoms with van der Waals surface area (Å²) in [4.78, 5) is 26.9. The first-order chi connectivity index (χ1) is 13.1. The molecule has 0 fully saturated rings. The third-order valence-electron chi connectivity index (χ3n) is 5.39. The van der Waals surface area contributed by atoms with Crippen LogP contribution in [0.1, 0.15) is 46.8 Å². The molecule has 1 amide bonds. The lowest BCUT2D eigenvalue weighted by atomic mass is 10.0. The summed E-state index contributed by atoms with van der Waals surface area (Å²) >= 11 is 0. The van der Waals surface area contributed by atoms with Gasteiger partial charge in [0.25, 0.3) is 0 Å². The van der Waals surface area contributed by atoms with Crippen LogP contribution in [0, 0.1) is 0 Å². The normalized spacial score (nSPS) is 17.3. The van der Waals surface area contributed by atoms with Crippen LogP contribution >= 0.6 is 0 Å². The molecule has 1 unspecified atom stereocenters. The summed E-state index contributed by atoms with van der Waals surface area (Å²) < 4.78 is 11.0. The highest BCUT2D eigenvalue weighted by Crippen LogP contribution is 2.35. The van der Waals surface area contributed by atoms with Crippen molar-refractivity contribution in [1.82, 2.24) is 4.90 Å². The molecule has 0 saturated carbocycles. The van der Waals surface area contributed by atoms with Gasteiger partial charge in [-0.2, -0.15) is 0 Å². The van der Waals surface area contributed by atoms with Gasteiger partial charge in [0.15, 0.2) is 17.3 Å². The number of carbonyl (C=O) groups excluding carboxylic acids is 2. The Bertz CT molecular complexity index is 876. The Morgan fingerprint density at radius 2 is 1.81 bits per heavy atom. The number of hydrogen-bond donors (Lipinski definition) is 0. The second-order valence-corrected chi connectivity index (χ2v) is 7.04. The lowest BCUT2D eigenvalue weighted by Crippen LogP contribution is -2.30. The molecule has 2 aromatic rings. The molecular weight excluding hydrogens is 342 g/mol. The van der Waals surface area contributed by atoms with Gasteiger partial charge in [-0.05, 0) is 42.2 Å². The molecule has 5 heteroatoms. The molecule has 140 valence electrons. The summed E-state index contributed by atoms with van der Waals surface area (Å²) in [5, 5.41) is 0. The van der Waals surface area contributed by atoms with Gasteiger partial charge in [0, 0.05) is 25.5 Å². The Hall–Kier alpha value is -2.82. The van der Waals surface area contributed by atoms with Crippen LogP contribution in [0.25, 0.3) is 0 Å². The first-order valence-electron chi connectivity index (χ1n) is 9.40. The van der Waals surface area contributed by atoms with Crippen LogP contribution in [0.5, 0.6) is 11.5 Å². The molecule has 0 aromatic heterocycles. The second kappa shape index (κ2) is 7.43. The van der Waals surface area contributed by atoms with Gasteiger partial charge in [-0.25, -0.2) is 0 Å². The van der Waals surface area contributed by atoms with Crippen LogP contribution in [0.3, 0.4) is 0 Å². The SMILES string of the molecule is CN(C(=O)CCC(=O)c1ccc2c(c1)OCCO2)C1CCc2ccccc21. The Balaban J connectivity index is 1.37. The van der Waals surface area contributed by atoms with Crippen LogP contribution in [0.2, 0.25) is 0 Å². The predicted molar refractivity (Wildman–Crippen MR) is 101 cm³/mol. The minimum Gasteiger partial charge on any atom is -0.486 e. The molecule has 0 spiro atoms.